The van der Waals surface area contributed by atoms with Crippen molar-refractivity contribution in [1.82, 2.24) is 9.97 Å². The molecule has 1 aromatic carbocycles. The van der Waals surface area contributed by atoms with E-state index >= 15 is 0 Å². The van der Waals surface area contributed by atoms with E-state index < -0.39 is 11.9 Å². The third-order valence-corrected chi connectivity index (χ3v) is 4.73. The molecule has 0 fully saturated rings. The second-order valence-electron chi connectivity index (χ2n) is 6.23. The second-order valence-corrected chi connectivity index (χ2v) is 7.09. The number of carboxylic acid groups (broad SMARTS) is 2. The van der Waals surface area contributed by atoms with E-state index in [0.29, 0.717) is 35.3 Å². The molecule has 0 aliphatic rings. The number of aliphatic carboxylic acids is 2. The molecule has 12 heteroatoms. The molecule has 11 nitrogen and oxygen atoms in total. The molecule has 178 valence electrons. The molecule has 3 rings (SSSR count). The SMILES string of the molecule is COc1cccc(OC)c1CN=C(N)Nc1nc(-c2ccccn2)cs1.O=C(O)C=CC(=O)O. The Labute approximate surface area is 199 Å². The maximum absolute atomic E-state index is 9.55. The van der Waals surface area contributed by atoms with Crippen LogP contribution in [-0.4, -0.2) is 52.3 Å². The van der Waals surface area contributed by atoms with Gasteiger partial charge in [0.25, 0.3) is 0 Å². The predicted octanol–water partition coefficient (Wildman–Crippen LogP) is 2.86. The topological polar surface area (TPSA) is 169 Å². The molecule has 0 aliphatic carbocycles. The first-order valence-electron chi connectivity index (χ1n) is 9.61. The molecule has 5 N–H and O–H groups in total. The maximum atomic E-state index is 9.55. The normalized spacial score (nSPS) is 10.8. The maximum Gasteiger partial charge on any atom is 0.328 e. The zero-order chi connectivity index (χ0) is 24.9. The van der Waals surface area contributed by atoms with Crippen molar-refractivity contribution in [2.75, 3.05) is 19.5 Å². The zero-order valence-electron chi connectivity index (χ0n) is 18.3. The van der Waals surface area contributed by atoms with Gasteiger partial charge < -0.3 is 30.7 Å². The number of methoxy groups -OCH3 is 2. The van der Waals surface area contributed by atoms with Crippen LogP contribution in [0, 0.1) is 0 Å². The first-order chi connectivity index (χ1) is 16.3. The van der Waals surface area contributed by atoms with E-state index in [9.17, 15) is 9.59 Å². The van der Waals surface area contributed by atoms with Crippen LogP contribution in [0.25, 0.3) is 11.4 Å². The molecular formula is C22H23N5O6S. The Morgan fingerprint density at radius 1 is 1.06 bits per heavy atom. The van der Waals surface area contributed by atoms with Gasteiger partial charge >= 0.3 is 11.9 Å². The number of nitrogens with one attached hydrogen (secondary N) is 1. The van der Waals surface area contributed by atoms with Crippen LogP contribution in [0.4, 0.5) is 5.13 Å². The summed E-state index contributed by atoms with van der Waals surface area (Å²) < 4.78 is 10.7. The van der Waals surface area contributed by atoms with Gasteiger partial charge in [-0.05, 0) is 24.3 Å². The number of benzene rings is 1. The minimum atomic E-state index is -1.26. The number of ether oxygens (including phenoxy) is 2. The molecule has 0 atom stereocenters. The van der Waals surface area contributed by atoms with E-state index in [1.807, 2.05) is 41.8 Å². The van der Waals surface area contributed by atoms with Gasteiger partial charge in [0.05, 0.1) is 32.0 Å². The Kier molecular flexibility index (Phi) is 10.0. The van der Waals surface area contributed by atoms with Crippen molar-refractivity contribution in [1.29, 1.82) is 0 Å². The fraction of sp³-hybridized carbons (Fsp3) is 0.136. The number of nitrogens with two attached hydrogens (primary N) is 1. The minimum absolute atomic E-state index is 0.264. The lowest BCUT2D eigenvalue weighted by Gasteiger charge is -2.11. The number of rotatable bonds is 8. The second kappa shape index (κ2) is 13.2. The monoisotopic (exact) mass is 485 g/mol. The molecule has 34 heavy (non-hydrogen) atoms. The van der Waals surface area contributed by atoms with Crippen LogP contribution in [-0.2, 0) is 16.1 Å². The van der Waals surface area contributed by atoms with Crippen molar-refractivity contribution in [3.8, 4) is 22.9 Å². The van der Waals surface area contributed by atoms with Crippen LogP contribution in [0.1, 0.15) is 5.56 Å². The lowest BCUT2D eigenvalue weighted by atomic mass is 10.2. The molecule has 0 saturated carbocycles. The molecule has 3 aromatic rings. The number of hydrogen-bond donors (Lipinski definition) is 4. The van der Waals surface area contributed by atoms with Gasteiger partial charge in [-0.1, -0.05) is 12.1 Å². The van der Waals surface area contributed by atoms with E-state index in [1.54, 1.807) is 20.4 Å². The van der Waals surface area contributed by atoms with Crippen LogP contribution in [0.2, 0.25) is 0 Å². The van der Waals surface area contributed by atoms with Crippen LogP contribution >= 0.6 is 11.3 Å². The summed E-state index contributed by atoms with van der Waals surface area (Å²) in [4.78, 5) is 32.2. The van der Waals surface area contributed by atoms with Crippen molar-refractivity contribution >= 4 is 34.4 Å². The molecule has 0 saturated heterocycles. The summed E-state index contributed by atoms with van der Waals surface area (Å²) in [7, 11) is 3.22. The first-order valence-corrected chi connectivity index (χ1v) is 10.5. The largest absolute Gasteiger partial charge is 0.496 e. The summed E-state index contributed by atoms with van der Waals surface area (Å²) in [5.41, 5.74) is 8.42. The van der Waals surface area contributed by atoms with Crippen LogP contribution in [0.5, 0.6) is 11.5 Å². The van der Waals surface area contributed by atoms with Crippen molar-refractivity contribution in [3.05, 3.63) is 65.7 Å². The Morgan fingerprint density at radius 3 is 2.24 bits per heavy atom. The van der Waals surface area contributed by atoms with Crippen LogP contribution in [0.3, 0.4) is 0 Å². The summed E-state index contributed by atoms with van der Waals surface area (Å²) in [6.07, 6.45) is 2.85. The van der Waals surface area contributed by atoms with Gasteiger partial charge in [0.15, 0.2) is 11.1 Å². The fourth-order valence-electron chi connectivity index (χ4n) is 2.50. The highest BCUT2D eigenvalue weighted by molar-refractivity contribution is 7.14. The molecule has 0 unspecified atom stereocenters. The standard InChI is InChI=1S/C18H19N5O2S.C4H4O4/c1-24-15-7-5-8-16(25-2)12(15)10-21-17(19)23-18-22-14(11-26-18)13-6-3-4-9-20-13;5-3(6)1-2-4(7)8/h3-9,11H,10H2,1-2H3,(H3,19,21,22,23);1-2H,(H,5,6)(H,7,8). The summed E-state index contributed by atoms with van der Waals surface area (Å²) >= 11 is 1.44. The average molecular weight is 486 g/mol. The number of hydrogen-bond acceptors (Lipinski definition) is 8. The quantitative estimate of drug-likeness (QED) is 0.211. The van der Waals surface area contributed by atoms with Crippen molar-refractivity contribution < 1.29 is 29.3 Å². The third-order valence-electron chi connectivity index (χ3n) is 3.97. The molecule has 0 amide bonds. The zero-order valence-corrected chi connectivity index (χ0v) is 19.2. The Balaban J connectivity index is 0.000000440. The van der Waals surface area contributed by atoms with Gasteiger partial charge in [-0.25, -0.2) is 19.6 Å². The number of thiazole rings is 1. The lowest BCUT2D eigenvalue weighted by Crippen LogP contribution is -2.22. The molecule has 2 heterocycles. The van der Waals surface area contributed by atoms with Crippen LogP contribution in [0.15, 0.2) is 65.1 Å². The number of aromatic nitrogens is 2. The minimum Gasteiger partial charge on any atom is -0.496 e. The van der Waals surface area contributed by atoms with E-state index in [1.165, 1.54) is 11.3 Å². The van der Waals surface area contributed by atoms with Gasteiger partial charge in [0.2, 0.25) is 0 Å². The summed E-state index contributed by atoms with van der Waals surface area (Å²) in [6, 6.07) is 11.3. The van der Waals surface area contributed by atoms with Gasteiger partial charge in [0, 0.05) is 23.7 Å². The third kappa shape index (κ3) is 8.24. The summed E-state index contributed by atoms with van der Waals surface area (Å²) in [5, 5.41) is 21.2. The number of carboxylic acids is 2. The van der Waals surface area contributed by atoms with E-state index in [0.717, 1.165) is 17.0 Å². The number of guanidine groups is 1. The average Bonchev–Trinajstić information content (AvgIpc) is 3.30. The van der Waals surface area contributed by atoms with Crippen LogP contribution < -0.4 is 20.5 Å². The number of carbonyl (C=O) groups is 2. The number of nitrogens with zero attached hydrogens (tertiary/aromatic N) is 3. The highest BCUT2D eigenvalue weighted by Gasteiger charge is 2.10. The Bertz CT molecular complexity index is 1130. The molecule has 0 aliphatic heterocycles. The molecule has 0 bridgehead atoms. The van der Waals surface area contributed by atoms with Gasteiger partial charge in [-0.3, -0.25) is 4.98 Å². The smallest absolute Gasteiger partial charge is 0.328 e. The molecule has 0 radical (unpaired) electrons. The van der Waals surface area contributed by atoms with E-state index in [-0.39, 0.29) is 5.96 Å². The van der Waals surface area contributed by atoms with Crippen molar-refractivity contribution in [2.45, 2.75) is 6.54 Å². The highest BCUT2D eigenvalue weighted by atomic mass is 32.1. The predicted molar refractivity (Wildman–Crippen MR) is 128 cm³/mol. The number of aliphatic imine (C=N–C) groups is 1. The lowest BCUT2D eigenvalue weighted by molar-refractivity contribution is -0.134. The highest BCUT2D eigenvalue weighted by Crippen LogP contribution is 2.29. The number of pyridine rings is 1. The molecular weight excluding hydrogens is 462 g/mol. The van der Waals surface area contributed by atoms with E-state index in [4.69, 9.17) is 25.4 Å². The van der Waals surface area contributed by atoms with Crippen molar-refractivity contribution in [3.63, 3.8) is 0 Å². The Hall–Kier alpha value is -4.45. The fourth-order valence-corrected chi connectivity index (χ4v) is 3.21. The van der Waals surface area contributed by atoms with Gasteiger partial charge in [-0.15, -0.1) is 11.3 Å². The van der Waals surface area contributed by atoms with Crippen molar-refractivity contribution in [2.24, 2.45) is 10.7 Å². The van der Waals surface area contributed by atoms with E-state index in [2.05, 4.69) is 20.3 Å². The molecule has 2 aromatic heterocycles. The molecule has 0 spiro atoms. The number of anilines is 1. The van der Waals surface area contributed by atoms with Gasteiger partial charge in [-0.2, -0.15) is 0 Å². The Morgan fingerprint density at radius 2 is 1.71 bits per heavy atom. The summed E-state index contributed by atoms with van der Waals surface area (Å²) in [6.45, 7) is 0.324. The summed E-state index contributed by atoms with van der Waals surface area (Å²) in [5.74, 6) is -0.847. The van der Waals surface area contributed by atoms with Gasteiger partial charge in [0.1, 0.15) is 17.2 Å². The first kappa shape index (κ1) is 25.8.